The Balaban J connectivity index is 1.50. The molecule has 1 N–H and O–H groups in total. The van der Waals surface area contributed by atoms with Crippen molar-refractivity contribution in [1.82, 2.24) is 9.55 Å². The van der Waals surface area contributed by atoms with Crippen molar-refractivity contribution < 1.29 is 28.5 Å². The van der Waals surface area contributed by atoms with Crippen molar-refractivity contribution in [3.8, 4) is 34.2 Å². The van der Waals surface area contributed by atoms with E-state index >= 15 is 0 Å². The van der Waals surface area contributed by atoms with Gasteiger partial charge in [-0.1, -0.05) is 0 Å². The molecule has 9 nitrogen and oxygen atoms in total. The fourth-order valence-corrected chi connectivity index (χ4v) is 4.97. The highest BCUT2D eigenvalue weighted by Gasteiger charge is 2.16. The molecule has 0 atom stereocenters. The van der Waals surface area contributed by atoms with Crippen LogP contribution < -0.4 is 19.5 Å². The molecule has 2 aromatic heterocycles. The number of ether oxygens (including phenoxy) is 4. The van der Waals surface area contributed by atoms with Crippen LogP contribution in [0.3, 0.4) is 0 Å². The fraction of sp³-hybridized carbons (Fsp3) is 0.207. The maximum absolute atomic E-state index is 12.6. The topological polar surface area (TPSA) is 101 Å². The van der Waals surface area contributed by atoms with E-state index in [1.165, 1.54) is 45.9 Å². The molecular formula is C29H29N3O6S. The molecule has 0 fully saturated rings. The molecule has 202 valence electrons. The van der Waals surface area contributed by atoms with Crippen LogP contribution in [0, 0.1) is 13.8 Å². The van der Waals surface area contributed by atoms with E-state index in [9.17, 15) is 9.59 Å². The zero-order valence-electron chi connectivity index (χ0n) is 22.5. The van der Waals surface area contributed by atoms with Gasteiger partial charge in [0.25, 0.3) is 0 Å². The van der Waals surface area contributed by atoms with Gasteiger partial charge in [0.05, 0.1) is 39.7 Å². The molecular weight excluding hydrogens is 518 g/mol. The van der Waals surface area contributed by atoms with Crippen molar-refractivity contribution in [3.63, 3.8) is 0 Å². The van der Waals surface area contributed by atoms with Gasteiger partial charge in [-0.15, -0.1) is 11.3 Å². The van der Waals surface area contributed by atoms with Crippen molar-refractivity contribution in [2.24, 2.45) is 0 Å². The van der Waals surface area contributed by atoms with Gasteiger partial charge in [0.15, 0.2) is 16.6 Å². The number of carbonyl (C=O) groups is 2. The molecule has 0 saturated carbocycles. The number of anilines is 1. The molecule has 0 bridgehead atoms. The van der Waals surface area contributed by atoms with Crippen LogP contribution in [0.5, 0.6) is 17.2 Å². The summed E-state index contributed by atoms with van der Waals surface area (Å²) in [6.45, 7) is 4.02. The molecule has 0 aliphatic carbocycles. The van der Waals surface area contributed by atoms with Crippen LogP contribution >= 0.6 is 11.3 Å². The summed E-state index contributed by atoms with van der Waals surface area (Å²) in [7, 11) is 5.97. The highest BCUT2D eigenvalue weighted by Crippen LogP contribution is 2.38. The first-order chi connectivity index (χ1) is 18.8. The maximum Gasteiger partial charge on any atom is 0.337 e. The number of nitrogens with one attached hydrogen (secondary N) is 1. The zero-order valence-corrected chi connectivity index (χ0v) is 23.3. The quantitative estimate of drug-likeness (QED) is 0.212. The lowest BCUT2D eigenvalue weighted by molar-refractivity contribution is -0.111. The van der Waals surface area contributed by atoms with Gasteiger partial charge in [0, 0.05) is 34.1 Å². The predicted molar refractivity (Wildman–Crippen MR) is 151 cm³/mol. The Morgan fingerprint density at radius 1 is 0.949 bits per heavy atom. The average molecular weight is 548 g/mol. The van der Waals surface area contributed by atoms with Crippen LogP contribution in [0.4, 0.5) is 5.13 Å². The van der Waals surface area contributed by atoms with Gasteiger partial charge in [-0.25, -0.2) is 9.78 Å². The lowest BCUT2D eigenvalue weighted by atomic mass is 10.1. The number of hydrogen-bond acceptors (Lipinski definition) is 8. The third-order valence-electron chi connectivity index (χ3n) is 6.10. The molecule has 0 spiro atoms. The third kappa shape index (κ3) is 5.80. The standard InChI is InChI=1S/C29H29N3O6S/c1-17-13-22(18(2)32(17)21-10-8-20(9-11-21)28(34)38-6)23-16-39-29(30-23)31-26(33)12-7-19-14-24(35-3)27(37-5)25(15-19)36-4/h7-16H,1-6H3,(H,30,31,33)/b12-7+. The average Bonchev–Trinajstić information content (AvgIpc) is 3.53. The van der Waals surface area contributed by atoms with Crippen LogP contribution in [0.15, 0.2) is 53.9 Å². The SMILES string of the molecule is COC(=O)c1ccc(-n2c(C)cc(-c3csc(NC(=O)/C=C/c4cc(OC)c(OC)c(OC)c4)n3)c2C)cc1. The Hall–Kier alpha value is -4.57. The molecule has 1 amide bonds. The van der Waals surface area contributed by atoms with Crippen LogP contribution in [0.25, 0.3) is 23.0 Å². The van der Waals surface area contributed by atoms with E-state index in [0.29, 0.717) is 33.5 Å². The third-order valence-corrected chi connectivity index (χ3v) is 6.86. The number of aromatic nitrogens is 2. The number of benzene rings is 2. The first kappa shape index (κ1) is 27.5. The minimum atomic E-state index is -0.376. The second-order valence-corrected chi connectivity index (χ2v) is 9.34. The van der Waals surface area contributed by atoms with Gasteiger partial charge in [-0.2, -0.15) is 0 Å². The summed E-state index contributed by atoms with van der Waals surface area (Å²) in [6.07, 6.45) is 3.08. The molecule has 0 aliphatic heterocycles. The fourth-order valence-electron chi connectivity index (χ4n) is 4.26. The van der Waals surface area contributed by atoms with E-state index in [1.54, 1.807) is 30.3 Å². The van der Waals surface area contributed by atoms with Gasteiger partial charge in [-0.3, -0.25) is 10.1 Å². The Bertz CT molecular complexity index is 1510. The molecule has 4 aromatic rings. The number of thiazole rings is 1. The number of aryl methyl sites for hydroxylation is 1. The van der Waals surface area contributed by atoms with Crippen LogP contribution in [0.2, 0.25) is 0 Å². The van der Waals surface area contributed by atoms with Gasteiger partial charge < -0.3 is 23.5 Å². The first-order valence-corrected chi connectivity index (χ1v) is 12.8. The van der Waals surface area contributed by atoms with E-state index in [-0.39, 0.29) is 11.9 Å². The molecule has 0 radical (unpaired) electrons. The number of nitrogens with zero attached hydrogens (tertiary/aromatic N) is 2. The normalized spacial score (nSPS) is 10.9. The number of methoxy groups -OCH3 is 4. The van der Waals surface area contributed by atoms with Crippen molar-refractivity contribution in [2.75, 3.05) is 33.8 Å². The van der Waals surface area contributed by atoms with E-state index < -0.39 is 0 Å². The van der Waals surface area contributed by atoms with E-state index in [2.05, 4.69) is 20.9 Å². The largest absolute Gasteiger partial charge is 0.493 e. The number of esters is 1. The van der Waals surface area contributed by atoms with Crippen LogP contribution in [-0.2, 0) is 9.53 Å². The van der Waals surface area contributed by atoms with Crippen molar-refractivity contribution in [3.05, 3.63) is 76.4 Å². The Labute approximate surface area is 230 Å². The molecule has 2 heterocycles. The van der Waals surface area contributed by atoms with Crippen LogP contribution in [0.1, 0.15) is 27.3 Å². The summed E-state index contributed by atoms with van der Waals surface area (Å²) in [5.74, 6) is 0.783. The molecule has 0 aliphatic rings. The summed E-state index contributed by atoms with van der Waals surface area (Å²) in [4.78, 5) is 29.0. The number of rotatable bonds is 9. The van der Waals surface area contributed by atoms with Crippen molar-refractivity contribution >= 4 is 34.4 Å². The predicted octanol–water partition coefficient (Wildman–Crippen LogP) is 5.68. The number of hydrogen-bond donors (Lipinski definition) is 1. The van der Waals surface area contributed by atoms with Crippen LogP contribution in [-0.4, -0.2) is 49.9 Å². The van der Waals surface area contributed by atoms with Gasteiger partial charge in [-0.05, 0) is 68.0 Å². The van der Waals surface area contributed by atoms with Crippen molar-refractivity contribution in [1.29, 1.82) is 0 Å². The second kappa shape index (κ2) is 11.9. The maximum atomic E-state index is 12.6. The first-order valence-electron chi connectivity index (χ1n) is 11.9. The smallest absolute Gasteiger partial charge is 0.337 e. The summed E-state index contributed by atoms with van der Waals surface area (Å²) < 4.78 is 22.9. The molecule has 0 unspecified atom stereocenters. The van der Waals surface area contributed by atoms with Gasteiger partial charge >= 0.3 is 5.97 Å². The molecule has 0 saturated heterocycles. The Morgan fingerprint density at radius 3 is 2.21 bits per heavy atom. The van der Waals surface area contributed by atoms with Gasteiger partial charge in [0.1, 0.15) is 0 Å². The summed E-state index contributed by atoms with van der Waals surface area (Å²) in [5.41, 5.74) is 5.84. The highest BCUT2D eigenvalue weighted by atomic mass is 32.1. The summed E-state index contributed by atoms with van der Waals surface area (Å²) in [5, 5.41) is 5.21. The minimum Gasteiger partial charge on any atom is -0.493 e. The number of carbonyl (C=O) groups excluding carboxylic acids is 2. The van der Waals surface area contributed by atoms with E-state index in [4.69, 9.17) is 18.9 Å². The molecule has 4 rings (SSSR count). The second-order valence-electron chi connectivity index (χ2n) is 8.48. The Kier molecular flexibility index (Phi) is 8.36. The lowest BCUT2D eigenvalue weighted by Crippen LogP contribution is -2.07. The molecule has 10 heteroatoms. The van der Waals surface area contributed by atoms with Crippen molar-refractivity contribution in [2.45, 2.75) is 13.8 Å². The van der Waals surface area contributed by atoms with E-state index in [1.807, 2.05) is 31.4 Å². The highest BCUT2D eigenvalue weighted by molar-refractivity contribution is 7.14. The Morgan fingerprint density at radius 2 is 1.62 bits per heavy atom. The summed E-state index contributed by atoms with van der Waals surface area (Å²) in [6, 6.07) is 12.8. The molecule has 2 aromatic carbocycles. The van der Waals surface area contributed by atoms with E-state index in [0.717, 1.165) is 28.3 Å². The molecule has 39 heavy (non-hydrogen) atoms. The lowest BCUT2D eigenvalue weighted by Gasteiger charge is -2.12. The monoisotopic (exact) mass is 547 g/mol. The zero-order chi connectivity index (χ0) is 28.1. The summed E-state index contributed by atoms with van der Waals surface area (Å²) >= 11 is 1.34. The number of amides is 1. The minimum absolute atomic E-state index is 0.319. The van der Waals surface area contributed by atoms with Gasteiger partial charge in [0.2, 0.25) is 11.7 Å².